The fraction of sp³-hybridized carbons (Fsp3) is 0.556. The number of nitrogens with zero attached hydrogens (tertiary/aromatic N) is 1. The van der Waals surface area contributed by atoms with E-state index in [0.29, 0.717) is 5.52 Å². The summed E-state index contributed by atoms with van der Waals surface area (Å²) < 4.78 is 34.2. The van der Waals surface area contributed by atoms with E-state index in [2.05, 4.69) is 10.0 Å². The van der Waals surface area contributed by atoms with E-state index in [4.69, 9.17) is 4.42 Å². The van der Waals surface area contributed by atoms with Crippen LogP contribution in [0, 0.1) is 0 Å². The minimum Gasteiger partial charge on any atom is -0.408 e. The van der Waals surface area contributed by atoms with E-state index in [1.54, 1.807) is 0 Å². The Bertz CT molecular complexity index is 986. The van der Waals surface area contributed by atoms with Crippen LogP contribution in [-0.4, -0.2) is 31.0 Å². The molecule has 148 valence electrons. The van der Waals surface area contributed by atoms with E-state index in [-0.39, 0.29) is 35.0 Å². The molecule has 27 heavy (non-hydrogen) atoms. The number of sulfonamides is 1. The molecule has 0 bridgehead atoms. The van der Waals surface area contributed by atoms with Gasteiger partial charge in [0.15, 0.2) is 5.58 Å². The van der Waals surface area contributed by atoms with Crippen molar-refractivity contribution in [1.29, 1.82) is 0 Å². The van der Waals surface area contributed by atoms with Crippen molar-refractivity contribution >= 4 is 27.0 Å². The van der Waals surface area contributed by atoms with Crippen LogP contribution in [0.15, 0.2) is 32.3 Å². The molecule has 9 heteroatoms. The van der Waals surface area contributed by atoms with Crippen molar-refractivity contribution in [2.24, 2.45) is 0 Å². The average molecular weight is 395 g/mol. The molecule has 1 atom stereocenters. The molecule has 1 aromatic carbocycles. The quantitative estimate of drug-likeness (QED) is 0.742. The molecule has 1 aromatic heterocycles. The van der Waals surface area contributed by atoms with Crippen LogP contribution in [0.3, 0.4) is 0 Å². The SMILES string of the molecule is CCC(C)NC(=O)Cn1c(=O)oc2cc(S(=O)(=O)NC3CCCC3)ccc21. The van der Waals surface area contributed by atoms with E-state index in [1.807, 2.05) is 13.8 Å². The first-order valence-electron chi connectivity index (χ1n) is 9.25. The highest BCUT2D eigenvalue weighted by Crippen LogP contribution is 2.22. The van der Waals surface area contributed by atoms with Crippen LogP contribution in [0.2, 0.25) is 0 Å². The molecule has 2 N–H and O–H groups in total. The van der Waals surface area contributed by atoms with Crippen LogP contribution < -0.4 is 15.8 Å². The smallest absolute Gasteiger partial charge is 0.408 e. The number of nitrogens with one attached hydrogen (secondary N) is 2. The predicted octanol–water partition coefficient (Wildman–Crippen LogP) is 1.73. The fourth-order valence-corrected chi connectivity index (χ4v) is 4.58. The van der Waals surface area contributed by atoms with Gasteiger partial charge in [-0.05, 0) is 38.3 Å². The Kier molecular flexibility index (Phi) is 5.71. The molecule has 1 unspecified atom stereocenters. The third kappa shape index (κ3) is 4.41. The van der Waals surface area contributed by atoms with Crippen LogP contribution in [0.4, 0.5) is 0 Å². The van der Waals surface area contributed by atoms with E-state index in [1.165, 1.54) is 22.8 Å². The molecule has 0 saturated heterocycles. The summed E-state index contributed by atoms with van der Waals surface area (Å²) in [6.45, 7) is 3.65. The number of aromatic nitrogens is 1. The first-order chi connectivity index (χ1) is 12.8. The summed E-state index contributed by atoms with van der Waals surface area (Å²) in [6, 6.07) is 4.21. The highest BCUT2D eigenvalue weighted by atomic mass is 32.2. The van der Waals surface area contributed by atoms with Crippen LogP contribution >= 0.6 is 0 Å². The number of hydrogen-bond acceptors (Lipinski definition) is 5. The second-order valence-corrected chi connectivity index (χ2v) is 8.78. The Labute approximate surface area is 158 Å². The molecule has 0 spiro atoms. The van der Waals surface area contributed by atoms with Gasteiger partial charge in [-0.15, -0.1) is 0 Å². The van der Waals surface area contributed by atoms with E-state index < -0.39 is 15.8 Å². The average Bonchev–Trinajstić information content (AvgIpc) is 3.22. The monoisotopic (exact) mass is 395 g/mol. The highest BCUT2D eigenvalue weighted by Gasteiger charge is 2.24. The number of oxazole rings is 1. The maximum atomic E-state index is 12.6. The lowest BCUT2D eigenvalue weighted by Crippen LogP contribution is -2.36. The molecule has 0 aliphatic heterocycles. The van der Waals surface area contributed by atoms with Gasteiger partial charge in [-0.3, -0.25) is 9.36 Å². The molecule has 1 saturated carbocycles. The van der Waals surface area contributed by atoms with Crippen molar-refractivity contribution in [3.8, 4) is 0 Å². The van der Waals surface area contributed by atoms with Gasteiger partial charge in [0, 0.05) is 18.2 Å². The molecule has 3 rings (SSSR count). The van der Waals surface area contributed by atoms with Gasteiger partial charge < -0.3 is 9.73 Å². The number of carbonyl (C=O) groups is 1. The summed E-state index contributed by atoms with van der Waals surface area (Å²) >= 11 is 0. The molecule has 2 aromatic rings. The molecule has 1 fully saturated rings. The topological polar surface area (TPSA) is 110 Å². The molecule has 1 aliphatic rings. The predicted molar refractivity (Wildman–Crippen MR) is 101 cm³/mol. The Morgan fingerprint density at radius 3 is 2.70 bits per heavy atom. The minimum absolute atomic E-state index is 0.00442. The lowest BCUT2D eigenvalue weighted by Gasteiger charge is -2.12. The molecular formula is C18H25N3O5S. The second-order valence-electron chi connectivity index (χ2n) is 7.06. The summed E-state index contributed by atoms with van der Waals surface area (Å²) in [6.07, 6.45) is 4.48. The van der Waals surface area contributed by atoms with E-state index in [9.17, 15) is 18.0 Å². The summed E-state index contributed by atoms with van der Waals surface area (Å²) in [5.41, 5.74) is 0.532. The summed E-state index contributed by atoms with van der Waals surface area (Å²) in [5.74, 6) is -0.989. The summed E-state index contributed by atoms with van der Waals surface area (Å²) in [5, 5.41) is 2.79. The van der Waals surface area contributed by atoms with Crippen LogP contribution in [0.5, 0.6) is 0 Å². The third-order valence-electron chi connectivity index (χ3n) is 4.95. The number of carbonyl (C=O) groups excluding carboxylic acids is 1. The summed E-state index contributed by atoms with van der Waals surface area (Å²) in [4.78, 5) is 24.2. The van der Waals surface area contributed by atoms with Crippen molar-refractivity contribution < 1.29 is 17.6 Å². The van der Waals surface area contributed by atoms with E-state index in [0.717, 1.165) is 32.1 Å². The lowest BCUT2D eigenvalue weighted by atomic mass is 10.2. The normalized spacial score (nSPS) is 16.7. The van der Waals surface area contributed by atoms with Gasteiger partial charge in [0.25, 0.3) is 0 Å². The van der Waals surface area contributed by atoms with Crippen molar-refractivity contribution in [3.05, 3.63) is 28.7 Å². The first kappa shape index (κ1) is 19.6. The number of fused-ring (bicyclic) bond motifs is 1. The van der Waals surface area contributed by atoms with Gasteiger partial charge in [0.05, 0.1) is 10.4 Å². The van der Waals surface area contributed by atoms with Crippen molar-refractivity contribution in [2.75, 3.05) is 0 Å². The van der Waals surface area contributed by atoms with Crippen molar-refractivity contribution in [1.82, 2.24) is 14.6 Å². The first-order valence-corrected chi connectivity index (χ1v) is 10.7. The largest absolute Gasteiger partial charge is 0.420 e. The Hall–Kier alpha value is -2.13. The minimum atomic E-state index is -3.68. The lowest BCUT2D eigenvalue weighted by molar-refractivity contribution is -0.122. The Morgan fingerprint density at radius 1 is 1.33 bits per heavy atom. The van der Waals surface area contributed by atoms with Crippen molar-refractivity contribution in [3.63, 3.8) is 0 Å². The number of hydrogen-bond donors (Lipinski definition) is 2. The fourth-order valence-electron chi connectivity index (χ4n) is 3.26. The molecule has 0 radical (unpaired) electrons. The number of rotatable bonds is 7. The zero-order chi connectivity index (χ0) is 19.6. The standard InChI is InChI=1S/C18H25N3O5S/c1-3-12(2)19-17(22)11-21-15-9-8-14(10-16(15)26-18(21)23)27(24,25)20-13-6-4-5-7-13/h8-10,12-13,20H,3-7,11H2,1-2H3,(H,19,22). The van der Waals surface area contributed by atoms with Gasteiger partial charge in [-0.1, -0.05) is 19.8 Å². The van der Waals surface area contributed by atoms with Gasteiger partial charge in [0.2, 0.25) is 15.9 Å². The summed E-state index contributed by atoms with van der Waals surface area (Å²) in [7, 11) is -3.68. The molecule has 1 aliphatic carbocycles. The zero-order valence-electron chi connectivity index (χ0n) is 15.5. The zero-order valence-corrected chi connectivity index (χ0v) is 16.3. The molecular weight excluding hydrogens is 370 g/mol. The van der Waals surface area contributed by atoms with Gasteiger partial charge in [-0.25, -0.2) is 17.9 Å². The van der Waals surface area contributed by atoms with Gasteiger partial charge in [-0.2, -0.15) is 0 Å². The number of benzene rings is 1. The van der Waals surface area contributed by atoms with Crippen LogP contribution in [0.1, 0.15) is 46.0 Å². The van der Waals surface area contributed by atoms with Gasteiger partial charge in [0.1, 0.15) is 6.54 Å². The Morgan fingerprint density at radius 2 is 2.04 bits per heavy atom. The van der Waals surface area contributed by atoms with Crippen LogP contribution in [0.25, 0.3) is 11.1 Å². The van der Waals surface area contributed by atoms with Gasteiger partial charge >= 0.3 is 5.76 Å². The highest BCUT2D eigenvalue weighted by molar-refractivity contribution is 7.89. The molecule has 1 heterocycles. The number of amides is 1. The maximum Gasteiger partial charge on any atom is 0.420 e. The van der Waals surface area contributed by atoms with Crippen LogP contribution in [-0.2, 0) is 21.4 Å². The molecule has 8 nitrogen and oxygen atoms in total. The molecule has 1 amide bonds. The van der Waals surface area contributed by atoms with E-state index >= 15 is 0 Å². The van der Waals surface area contributed by atoms with Crippen molar-refractivity contribution in [2.45, 2.75) is 69.5 Å². The second kappa shape index (κ2) is 7.85. The Balaban J connectivity index is 1.84. The maximum absolute atomic E-state index is 12.6. The third-order valence-corrected chi connectivity index (χ3v) is 6.47.